The number of rotatable bonds is 7. The van der Waals surface area contributed by atoms with Crippen LogP contribution in [0.5, 0.6) is 0 Å². The van der Waals surface area contributed by atoms with Gasteiger partial charge in [-0.15, -0.1) is 11.8 Å². The third kappa shape index (κ3) is 4.47. The summed E-state index contributed by atoms with van der Waals surface area (Å²) in [5, 5.41) is 2.65. The van der Waals surface area contributed by atoms with Crippen LogP contribution in [0, 0.1) is 0 Å². The molecule has 26 heavy (non-hydrogen) atoms. The van der Waals surface area contributed by atoms with Crippen molar-refractivity contribution in [3.63, 3.8) is 0 Å². The number of carbonyl (C=O) groups is 1. The van der Waals surface area contributed by atoms with Crippen LogP contribution in [0.4, 0.5) is 5.69 Å². The zero-order chi connectivity index (χ0) is 18.6. The fraction of sp³-hybridized carbons (Fsp3) is 0.316. The van der Waals surface area contributed by atoms with Crippen molar-refractivity contribution in [3.8, 4) is 0 Å². The maximum Gasteiger partial charge on any atom is 0.240 e. The summed E-state index contributed by atoms with van der Waals surface area (Å²) in [6, 6.07) is 14.4. The Morgan fingerprint density at radius 2 is 2.00 bits per heavy atom. The summed E-state index contributed by atoms with van der Waals surface area (Å²) >= 11 is 1.54. The number of unbranched alkanes of at least 4 members (excludes halogenated alkanes) is 1. The minimum Gasteiger partial charge on any atom is -0.325 e. The highest BCUT2D eigenvalue weighted by Gasteiger charge is 2.28. The monoisotopic (exact) mass is 390 g/mol. The Bertz CT molecular complexity index is 872. The second kappa shape index (κ2) is 8.24. The Morgan fingerprint density at radius 3 is 2.77 bits per heavy atom. The second-order valence-electron chi connectivity index (χ2n) is 6.19. The predicted molar refractivity (Wildman–Crippen MR) is 105 cm³/mol. The Labute approximate surface area is 158 Å². The van der Waals surface area contributed by atoms with Crippen molar-refractivity contribution in [1.82, 2.24) is 4.72 Å². The average molecular weight is 391 g/mol. The highest BCUT2D eigenvalue weighted by Crippen LogP contribution is 2.37. The zero-order valence-corrected chi connectivity index (χ0v) is 16.2. The first-order chi connectivity index (χ1) is 12.5. The minimum absolute atomic E-state index is 0.111. The molecule has 5 nitrogen and oxygen atoms in total. The number of benzene rings is 2. The molecule has 0 bridgehead atoms. The molecule has 0 spiro atoms. The van der Waals surface area contributed by atoms with Crippen molar-refractivity contribution < 1.29 is 13.2 Å². The Morgan fingerprint density at radius 1 is 1.19 bits per heavy atom. The molecule has 0 saturated heterocycles. The van der Waals surface area contributed by atoms with E-state index >= 15 is 0 Å². The molecule has 1 aliphatic heterocycles. The van der Waals surface area contributed by atoms with E-state index < -0.39 is 10.0 Å². The molecule has 2 N–H and O–H groups in total. The van der Waals surface area contributed by atoms with Gasteiger partial charge in [0, 0.05) is 17.1 Å². The summed E-state index contributed by atoms with van der Waals surface area (Å²) in [5.41, 5.74) is 1.67. The Kier molecular flexibility index (Phi) is 6.01. The van der Waals surface area contributed by atoms with Crippen molar-refractivity contribution in [2.24, 2.45) is 0 Å². The van der Waals surface area contributed by atoms with Gasteiger partial charge in [0.05, 0.1) is 10.1 Å². The number of fused-ring (bicyclic) bond motifs is 1. The topological polar surface area (TPSA) is 75.3 Å². The van der Waals surface area contributed by atoms with Gasteiger partial charge in [-0.3, -0.25) is 4.79 Å². The number of nitrogens with one attached hydrogen (secondary N) is 2. The smallest absolute Gasteiger partial charge is 0.240 e. The highest BCUT2D eigenvalue weighted by atomic mass is 32.2. The third-order valence-electron chi connectivity index (χ3n) is 4.17. The number of thioether (sulfide) groups is 1. The SMILES string of the molecule is CCCCNS(=O)(=O)c1cccc(NC(=O)C2Cc3ccccc3S2)c1. The lowest BCUT2D eigenvalue weighted by molar-refractivity contribution is -0.115. The molecule has 1 unspecified atom stereocenters. The van der Waals surface area contributed by atoms with Gasteiger partial charge < -0.3 is 5.32 Å². The van der Waals surface area contributed by atoms with Gasteiger partial charge in [0.2, 0.25) is 15.9 Å². The largest absolute Gasteiger partial charge is 0.325 e. The van der Waals surface area contributed by atoms with Gasteiger partial charge in [-0.25, -0.2) is 13.1 Å². The maximum absolute atomic E-state index is 12.6. The number of carbonyl (C=O) groups excluding carboxylic acids is 1. The van der Waals surface area contributed by atoms with Gasteiger partial charge in [-0.2, -0.15) is 0 Å². The lowest BCUT2D eigenvalue weighted by Gasteiger charge is -2.12. The fourth-order valence-corrected chi connectivity index (χ4v) is 5.07. The van der Waals surface area contributed by atoms with Crippen molar-refractivity contribution >= 4 is 33.4 Å². The van der Waals surface area contributed by atoms with Gasteiger partial charge in [0.25, 0.3) is 0 Å². The Balaban J connectivity index is 1.67. The molecule has 3 rings (SSSR count). The third-order valence-corrected chi connectivity index (χ3v) is 6.95. The van der Waals surface area contributed by atoms with Gasteiger partial charge >= 0.3 is 0 Å². The summed E-state index contributed by atoms with van der Waals surface area (Å²) in [4.78, 5) is 13.8. The lowest BCUT2D eigenvalue weighted by atomic mass is 10.1. The van der Waals surface area contributed by atoms with Crippen molar-refractivity contribution in [2.45, 2.75) is 41.2 Å². The summed E-state index contributed by atoms with van der Waals surface area (Å²) in [5.74, 6) is -0.111. The van der Waals surface area contributed by atoms with E-state index in [-0.39, 0.29) is 16.1 Å². The number of hydrogen-bond acceptors (Lipinski definition) is 4. The first-order valence-electron chi connectivity index (χ1n) is 8.65. The van der Waals surface area contributed by atoms with Crippen LogP contribution in [-0.4, -0.2) is 26.1 Å². The predicted octanol–water partition coefficient (Wildman–Crippen LogP) is 3.42. The quantitative estimate of drug-likeness (QED) is 0.711. The summed E-state index contributed by atoms with van der Waals surface area (Å²) in [6.45, 7) is 2.41. The van der Waals surface area contributed by atoms with Crippen LogP contribution < -0.4 is 10.0 Å². The molecule has 2 aromatic carbocycles. The molecule has 2 aromatic rings. The normalized spacial score (nSPS) is 16.3. The standard InChI is InChI=1S/C19H22N2O3S2/c1-2-3-11-20-26(23,24)16-9-6-8-15(13-16)21-19(22)18-12-14-7-4-5-10-17(14)25-18/h4-10,13,18,20H,2-3,11-12H2,1H3,(H,21,22). The Hall–Kier alpha value is -1.83. The number of anilines is 1. The second-order valence-corrected chi connectivity index (χ2v) is 9.20. The molecule has 7 heteroatoms. The van der Waals surface area contributed by atoms with Gasteiger partial charge in [-0.1, -0.05) is 37.6 Å². The minimum atomic E-state index is -3.56. The lowest BCUT2D eigenvalue weighted by Crippen LogP contribution is -2.26. The molecule has 138 valence electrons. The highest BCUT2D eigenvalue weighted by molar-refractivity contribution is 8.01. The van der Waals surface area contributed by atoms with E-state index in [1.54, 1.807) is 23.9 Å². The molecular weight excluding hydrogens is 368 g/mol. The molecule has 0 radical (unpaired) electrons. The fourth-order valence-electron chi connectivity index (χ4n) is 2.76. The number of sulfonamides is 1. The summed E-state index contributed by atoms with van der Waals surface area (Å²) in [6.07, 6.45) is 2.39. The van der Waals surface area contributed by atoms with E-state index in [0.29, 0.717) is 18.7 Å². The van der Waals surface area contributed by atoms with E-state index in [9.17, 15) is 13.2 Å². The van der Waals surface area contributed by atoms with Crippen molar-refractivity contribution in [1.29, 1.82) is 0 Å². The van der Waals surface area contributed by atoms with E-state index in [0.717, 1.165) is 17.7 Å². The summed E-state index contributed by atoms with van der Waals surface area (Å²) < 4.78 is 27.2. The zero-order valence-electron chi connectivity index (χ0n) is 14.6. The van der Waals surface area contributed by atoms with E-state index in [4.69, 9.17) is 0 Å². The molecular formula is C19H22N2O3S2. The molecule has 0 fully saturated rings. The van der Waals surface area contributed by atoms with Gasteiger partial charge in [0.1, 0.15) is 0 Å². The van der Waals surface area contributed by atoms with E-state index in [1.165, 1.54) is 17.7 Å². The number of amides is 1. The number of hydrogen-bond donors (Lipinski definition) is 2. The first kappa shape index (κ1) is 18.9. The average Bonchev–Trinajstić information content (AvgIpc) is 3.06. The van der Waals surface area contributed by atoms with Crippen LogP contribution >= 0.6 is 11.8 Å². The van der Waals surface area contributed by atoms with Crippen LogP contribution in [0.1, 0.15) is 25.3 Å². The van der Waals surface area contributed by atoms with Crippen molar-refractivity contribution in [3.05, 3.63) is 54.1 Å². The molecule has 0 aromatic heterocycles. The molecule has 1 atom stereocenters. The van der Waals surface area contributed by atoms with Crippen LogP contribution in [-0.2, 0) is 21.2 Å². The molecule has 1 aliphatic rings. The van der Waals surface area contributed by atoms with E-state index in [1.807, 2.05) is 31.2 Å². The summed E-state index contributed by atoms with van der Waals surface area (Å²) in [7, 11) is -3.56. The van der Waals surface area contributed by atoms with Crippen molar-refractivity contribution in [2.75, 3.05) is 11.9 Å². The van der Waals surface area contributed by atoms with Crippen LogP contribution in [0.3, 0.4) is 0 Å². The van der Waals surface area contributed by atoms with Crippen LogP contribution in [0.25, 0.3) is 0 Å². The maximum atomic E-state index is 12.6. The molecule has 0 saturated carbocycles. The van der Waals surface area contributed by atoms with Gasteiger partial charge in [0.15, 0.2) is 0 Å². The van der Waals surface area contributed by atoms with Crippen LogP contribution in [0.15, 0.2) is 58.3 Å². The van der Waals surface area contributed by atoms with Gasteiger partial charge in [-0.05, 0) is 42.7 Å². The first-order valence-corrected chi connectivity index (χ1v) is 11.0. The molecule has 1 heterocycles. The van der Waals surface area contributed by atoms with E-state index in [2.05, 4.69) is 10.0 Å². The van der Waals surface area contributed by atoms with Crippen LogP contribution in [0.2, 0.25) is 0 Å². The molecule has 1 amide bonds. The molecule has 0 aliphatic carbocycles.